The van der Waals surface area contributed by atoms with E-state index in [0.717, 1.165) is 62.1 Å². The number of aryl methyl sites for hydroxylation is 2. The predicted octanol–water partition coefficient (Wildman–Crippen LogP) is 4.46. The van der Waals surface area contributed by atoms with Gasteiger partial charge in [0.25, 0.3) is 0 Å². The first-order valence-electron chi connectivity index (χ1n) is 15.4. The zero-order valence-electron chi connectivity index (χ0n) is 26.5. The van der Waals surface area contributed by atoms with Gasteiger partial charge in [-0.05, 0) is 108 Å². The fraction of sp³-hybridized carbons (Fsp3) is 0.515. The van der Waals surface area contributed by atoms with Crippen LogP contribution in [0.1, 0.15) is 51.2 Å². The van der Waals surface area contributed by atoms with Crippen LogP contribution in [-0.4, -0.2) is 85.1 Å². The molecule has 10 nitrogen and oxygen atoms in total. The molecule has 1 amide bonds. The minimum Gasteiger partial charge on any atom is -0.450 e. The number of aliphatic imine (C=N–C) groups is 1. The lowest BCUT2D eigenvalue weighted by Gasteiger charge is -2.33. The molecule has 2 aliphatic heterocycles. The number of hydrogen-bond acceptors (Lipinski definition) is 8. The van der Waals surface area contributed by atoms with Crippen LogP contribution in [0.2, 0.25) is 0 Å². The van der Waals surface area contributed by atoms with Crippen molar-refractivity contribution in [3.63, 3.8) is 0 Å². The Morgan fingerprint density at radius 1 is 1.20 bits per heavy atom. The number of nitrogens with zero attached hydrogens (tertiary/aromatic N) is 3. The van der Waals surface area contributed by atoms with E-state index in [9.17, 15) is 14.3 Å². The predicted molar refractivity (Wildman–Crippen MR) is 171 cm³/mol. The summed E-state index contributed by atoms with van der Waals surface area (Å²) in [5, 5.41) is 20.3. The topological polar surface area (TPSA) is 111 Å². The molecule has 1 unspecified atom stereocenters. The maximum absolute atomic E-state index is 13.6. The second-order valence-corrected chi connectivity index (χ2v) is 12.6. The van der Waals surface area contributed by atoms with Crippen molar-refractivity contribution in [2.24, 2.45) is 4.99 Å². The van der Waals surface area contributed by atoms with E-state index in [1.807, 2.05) is 70.2 Å². The fourth-order valence-electron chi connectivity index (χ4n) is 5.18. The molecule has 4 rings (SSSR count). The SMILES string of the molecule is CN(C)/C=C1\Oc2ccc(CCc3cccc(F)c3)cc2NC1=NC(O)NC1CCN(CCCNC(=O)OC(C)(C)C)CC1. The summed E-state index contributed by atoms with van der Waals surface area (Å²) < 4.78 is 25.0. The maximum Gasteiger partial charge on any atom is 0.407 e. The molecule has 240 valence electrons. The Morgan fingerprint density at radius 2 is 1.93 bits per heavy atom. The van der Waals surface area contributed by atoms with Crippen molar-refractivity contribution >= 4 is 17.6 Å². The van der Waals surface area contributed by atoms with Crippen molar-refractivity contribution in [1.82, 2.24) is 20.4 Å². The monoisotopic (exact) mass is 610 g/mol. The number of benzene rings is 2. The number of aliphatic hydroxyl groups excluding tert-OH is 1. The smallest absolute Gasteiger partial charge is 0.407 e. The summed E-state index contributed by atoms with van der Waals surface area (Å²) in [4.78, 5) is 20.6. The quantitative estimate of drug-likeness (QED) is 0.218. The van der Waals surface area contributed by atoms with Gasteiger partial charge in [0.05, 0.1) is 5.69 Å². The Labute approximate surface area is 260 Å². The van der Waals surface area contributed by atoms with E-state index in [0.29, 0.717) is 30.3 Å². The molecule has 1 atom stereocenters. The van der Waals surface area contributed by atoms with Crippen molar-refractivity contribution in [2.75, 3.05) is 45.6 Å². The van der Waals surface area contributed by atoms with Crippen molar-refractivity contribution < 1.29 is 23.8 Å². The molecule has 2 aromatic rings. The number of alkyl carbamates (subject to hydrolysis) is 1. The lowest BCUT2D eigenvalue weighted by atomic mass is 10.0. The molecule has 1 saturated heterocycles. The molecule has 0 radical (unpaired) electrons. The number of likely N-dealkylation sites (tertiary alicyclic amines) is 1. The summed E-state index contributed by atoms with van der Waals surface area (Å²) in [6.45, 7) is 8.79. The van der Waals surface area contributed by atoms with Gasteiger partial charge >= 0.3 is 6.09 Å². The number of halogens is 1. The third-order valence-corrected chi connectivity index (χ3v) is 7.26. The highest BCUT2D eigenvalue weighted by molar-refractivity contribution is 6.09. The van der Waals surface area contributed by atoms with E-state index < -0.39 is 12.0 Å². The number of piperidine rings is 1. The first-order chi connectivity index (χ1) is 20.9. The molecule has 1 fully saturated rings. The zero-order chi connectivity index (χ0) is 31.7. The maximum atomic E-state index is 13.6. The van der Waals surface area contributed by atoms with E-state index in [2.05, 4.69) is 25.8 Å². The number of aliphatic hydroxyl groups is 1. The Kier molecular flexibility index (Phi) is 11.6. The number of rotatable bonds is 11. The number of amides is 1. The van der Waals surface area contributed by atoms with E-state index in [1.54, 1.807) is 12.1 Å². The molecule has 4 N–H and O–H groups in total. The molecule has 2 aliphatic rings. The molecule has 44 heavy (non-hydrogen) atoms. The van der Waals surface area contributed by atoms with Gasteiger partial charge in [-0.2, -0.15) is 0 Å². The van der Waals surface area contributed by atoms with Crippen molar-refractivity contribution in [1.29, 1.82) is 0 Å². The number of ether oxygens (including phenoxy) is 2. The average molecular weight is 611 g/mol. The van der Waals surface area contributed by atoms with Crippen LogP contribution >= 0.6 is 0 Å². The lowest BCUT2D eigenvalue weighted by Crippen LogP contribution is -2.46. The standard InChI is InChI=1S/C33H47FN6O4/c1-33(2,3)44-32(42)35-16-7-17-40-18-14-26(15-19-40)36-31(41)38-30-29(22-39(4)5)43-28-13-12-24(21-27(28)37-30)11-10-23-8-6-9-25(34)20-23/h6,8-9,12-13,20-22,26,31,36,41H,7,10-11,14-19H2,1-5H3,(H,35,42)(H,37,38)/b29-22-. The number of fused-ring (bicyclic) bond motifs is 1. The molecule has 2 heterocycles. The molecule has 0 aromatic heterocycles. The number of hydrogen-bond donors (Lipinski definition) is 4. The summed E-state index contributed by atoms with van der Waals surface area (Å²) in [5.74, 6) is 1.38. The van der Waals surface area contributed by atoms with E-state index in [4.69, 9.17) is 9.47 Å². The van der Waals surface area contributed by atoms with Crippen LogP contribution in [0.3, 0.4) is 0 Å². The second kappa shape index (κ2) is 15.4. The van der Waals surface area contributed by atoms with Crippen LogP contribution in [0.15, 0.2) is 59.4 Å². The van der Waals surface area contributed by atoms with Gasteiger partial charge in [0.2, 0.25) is 6.35 Å². The summed E-state index contributed by atoms with van der Waals surface area (Å²) in [6, 6.07) is 12.7. The summed E-state index contributed by atoms with van der Waals surface area (Å²) in [5.41, 5.74) is 2.28. The number of carbonyl (C=O) groups excluding carboxylic acids is 1. The largest absolute Gasteiger partial charge is 0.450 e. The van der Waals surface area contributed by atoms with Crippen molar-refractivity contribution in [3.8, 4) is 5.75 Å². The van der Waals surface area contributed by atoms with E-state index >= 15 is 0 Å². The van der Waals surface area contributed by atoms with Crippen LogP contribution in [0.5, 0.6) is 5.75 Å². The first kappa shape index (κ1) is 33.2. The third kappa shape index (κ3) is 10.8. The molecule has 0 spiro atoms. The van der Waals surface area contributed by atoms with Gasteiger partial charge in [-0.1, -0.05) is 18.2 Å². The molecule has 0 saturated carbocycles. The van der Waals surface area contributed by atoms with Crippen molar-refractivity contribution in [3.05, 3.63) is 71.4 Å². The number of amidine groups is 1. The minimum absolute atomic E-state index is 0.123. The van der Waals surface area contributed by atoms with Gasteiger partial charge in [0.1, 0.15) is 11.4 Å². The van der Waals surface area contributed by atoms with Crippen LogP contribution in [-0.2, 0) is 17.6 Å². The molecular weight excluding hydrogens is 563 g/mol. The first-order valence-corrected chi connectivity index (χ1v) is 15.4. The number of anilines is 1. The van der Waals surface area contributed by atoms with Gasteiger partial charge in [0.15, 0.2) is 17.3 Å². The normalized spacial score (nSPS) is 18.3. The van der Waals surface area contributed by atoms with Crippen LogP contribution in [0.25, 0.3) is 0 Å². The third-order valence-electron chi connectivity index (χ3n) is 7.26. The molecule has 0 bridgehead atoms. The minimum atomic E-state index is -1.11. The summed E-state index contributed by atoms with van der Waals surface area (Å²) in [7, 11) is 3.80. The lowest BCUT2D eigenvalue weighted by molar-refractivity contribution is 0.0525. The molecule has 2 aromatic carbocycles. The Bertz CT molecular complexity index is 1320. The fourth-order valence-corrected chi connectivity index (χ4v) is 5.18. The summed E-state index contributed by atoms with van der Waals surface area (Å²) in [6.07, 6.45) is 4.38. The van der Waals surface area contributed by atoms with Crippen LogP contribution < -0.4 is 20.7 Å². The van der Waals surface area contributed by atoms with Crippen LogP contribution in [0, 0.1) is 5.82 Å². The Balaban J connectivity index is 1.28. The zero-order valence-corrected chi connectivity index (χ0v) is 26.5. The van der Waals surface area contributed by atoms with Crippen LogP contribution in [0.4, 0.5) is 14.9 Å². The molecular formula is C33H47FN6O4. The van der Waals surface area contributed by atoms with E-state index in [-0.39, 0.29) is 18.0 Å². The molecule has 11 heteroatoms. The van der Waals surface area contributed by atoms with Gasteiger partial charge < -0.3 is 35.0 Å². The second-order valence-electron chi connectivity index (χ2n) is 12.6. The highest BCUT2D eigenvalue weighted by Crippen LogP contribution is 2.33. The highest BCUT2D eigenvalue weighted by atomic mass is 19.1. The van der Waals surface area contributed by atoms with Crippen molar-refractivity contribution in [2.45, 2.75) is 70.9 Å². The average Bonchev–Trinajstić information content (AvgIpc) is 2.94. The summed E-state index contributed by atoms with van der Waals surface area (Å²) >= 11 is 0. The number of nitrogens with one attached hydrogen (secondary N) is 3. The van der Waals surface area contributed by atoms with Gasteiger partial charge in [0, 0.05) is 32.9 Å². The number of carbonyl (C=O) groups is 1. The van der Waals surface area contributed by atoms with E-state index in [1.165, 1.54) is 6.07 Å². The Morgan fingerprint density at radius 3 is 2.61 bits per heavy atom. The van der Waals surface area contributed by atoms with Gasteiger partial charge in [-0.15, -0.1) is 0 Å². The highest BCUT2D eigenvalue weighted by Gasteiger charge is 2.25. The van der Waals surface area contributed by atoms with Gasteiger partial charge in [-0.25, -0.2) is 14.2 Å². The Hall–Kier alpha value is -3.67. The van der Waals surface area contributed by atoms with Gasteiger partial charge in [-0.3, -0.25) is 5.32 Å². The molecule has 0 aliphatic carbocycles.